The van der Waals surface area contributed by atoms with E-state index >= 15 is 0 Å². The molecule has 0 heterocycles. The van der Waals surface area contributed by atoms with Gasteiger partial charge in [-0.05, 0) is 11.8 Å². The summed E-state index contributed by atoms with van der Waals surface area (Å²) in [5.74, 6) is 0.629. The molecule has 1 unspecified atom stereocenters. The van der Waals surface area contributed by atoms with Crippen molar-refractivity contribution >= 4 is 15.7 Å². The van der Waals surface area contributed by atoms with Gasteiger partial charge in [0, 0.05) is 0 Å². The van der Waals surface area contributed by atoms with Crippen molar-refractivity contribution in [3.63, 3.8) is 0 Å². The minimum atomic E-state index is -4.28. The molecule has 0 aromatic heterocycles. The lowest BCUT2D eigenvalue weighted by Crippen LogP contribution is -2.15. The average Bonchev–Trinajstić information content (AvgIpc) is 1.95. The van der Waals surface area contributed by atoms with Crippen molar-refractivity contribution in [1.82, 2.24) is 0 Å². The van der Waals surface area contributed by atoms with Gasteiger partial charge in [-0.3, -0.25) is 4.52 Å². The first-order valence-electron chi connectivity index (χ1n) is 4.57. The van der Waals surface area contributed by atoms with E-state index in [1.165, 1.54) is 0 Å². The number of phosphoric ester groups is 1. The number of hydrogen-bond acceptors (Lipinski definition) is 2. The van der Waals surface area contributed by atoms with Crippen molar-refractivity contribution in [3.05, 3.63) is 0 Å². The van der Waals surface area contributed by atoms with E-state index in [0.717, 1.165) is 12.7 Å². The highest BCUT2D eigenvalue weighted by atomic mass is 31.2. The average molecular weight is 208 g/mol. The van der Waals surface area contributed by atoms with Crippen molar-refractivity contribution in [2.24, 2.45) is 11.8 Å². The maximum absolute atomic E-state index is 10.4. The summed E-state index contributed by atoms with van der Waals surface area (Å²) in [6.45, 7) is 4.21. The Morgan fingerprint density at radius 2 is 2.00 bits per heavy atom. The van der Waals surface area contributed by atoms with Crippen molar-refractivity contribution in [1.29, 1.82) is 0 Å². The van der Waals surface area contributed by atoms with Crippen molar-refractivity contribution in [3.8, 4) is 0 Å². The van der Waals surface area contributed by atoms with E-state index in [0.29, 0.717) is 5.92 Å². The van der Waals surface area contributed by atoms with Crippen LogP contribution in [0, 0.1) is 11.8 Å². The molecule has 0 fully saturated rings. The molecule has 0 bridgehead atoms. The molecule has 13 heavy (non-hydrogen) atoms. The van der Waals surface area contributed by atoms with E-state index in [4.69, 9.17) is 9.79 Å². The first-order chi connectivity index (χ1) is 5.87. The molecule has 78 valence electrons. The fourth-order valence-electron chi connectivity index (χ4n) is 1.17. The third-order valence-corrected chi connectivity index (χ3v) is 2.54. The van der Waals surface area contributed by atoms with Crippen molar-refractivity contribution in [2.75, 3.05) is 6.61 Å². The second-order valence-corrected chi connectivity index (χ2v) is 4.82. The van der Waals surface area contributed by atoms with Crippen LogP contribution in [0.15, 0.2) is 0 Å². The molecule has 0 amide bonds. The molecular formula is C7H18BO4P. The molecule has 0 aromatic carbocycles. The molecule has 0 aromatic rings. The highest BCUT2D eigenvalue weighted by Crippen LogP contribution is 2.37. The van der Waals surface area contributed by atoms with Crippen LogP contribution in [0.3, 0.4) is 0 Å². The van der Waals surface area contributed by atoms with E-state index in [-0.39, 0.29) is 12.5 Å². The van der Waals surface area contributed by atoms with Crippen LogP contribution in [0.4, 0.5) is 0 Å². The van der Waals surface area contributed by atoms with E-state index in [1.807, 2.05) is 21.7 Å². The molecule has 2 N–H and O–H groups in total. The lowest BCUT2D eigenvalue weighted by atomic mass is 9.87. The molecule has 0 radical (unpaired) electrons. The Morgan fingerprint density at radius 1 is 1.46 bits per heavy atom. The van der Waals surface area contributed by atoms with Gasteiger partial charge in [-0.15, -0.1) is 0 Å². The van der Waals surface area contributed by atoms with E-state index < -0.39 is 7.82 Å². The maximum Gasteiger partial charge on any atom is 0.469 e. The van der Waals surface area contributed by atoms with Gasteiger partial charge < -0.3 is 9.79 Å². The zero-order valence-electron chi connectivity index (χ0n) is 8.43. The topological polar surface area (TPSA) is 66.8 Å². The molecule has 0 aliphatic rings. The van der Waals surface area contributed by atoms with Gasteiger partial charge in [0.2, 0.25) is 0 Å². The Kier molecular flexibility index (Phi) is 5.89. The summed E-state index contributed by atoms with van der Waals surface area (Å²) < 4.78 is 14.9. The predicted molar refractivity (Wildman–Crippen MR) is 54.3 cm³/mol. The quantitative estimate of drug-likeness (QED) is 0.500. The minimum Gasteiger partial charge on any atom is -0.303 e. The summed E-state index contributed by atoms with van der Waals surface area (Å²) >= 11 is 0. The maximum atomic E-state index is 10.4. The normalized spacial score (nSPS) is 14.8. The standard InChI is InChI=1S/C7H18BO4P/c1-6(2)7(3-4-8)5-12-13(9,10)11/h6-7H,3-5,8H2,1-2H3,(H2,9,10,11). The Labute approximate surface area is 80.3 Å². The largest absolute Gasteiger partial charge is 0.469 e. The van der Waals surface area contributed by atoms with Gasteiger partial charge in [-0.25, -0.2) is 4.57 Å². The Hall–Kier alpha value is 0.175. The van der Waals surface area contributed by atoms with Crippen LogP contribution in [0.5, 0.6) is 0 Å². The van der Waals surface area contributed by atoms with E-state index in [9.17, 15) is 4.57 Å². The lowest BCUT2D eigenvalue weighted by Gasteiger charge is -2.19. The Bertz CT molecular complexity index is 179. The van der Waals surface area contributed by atoms with Crippen molar-refractivity contribution < 1.29 is 18.9 Å². The minimum absolute atomic E-state index is 0.149. The monoisotopic (exact) mass is 208 g/mol. The molecule has 0 aliphatic heterocycles. The zero-order chi connectivity index (χ0) is 10.5. The summed E-state index contributed by atoms with van der Waals surface area (Å²) in [5, 5.41) is 0. The predicted octanol–water partition coefficient (Wildman–Crippen LogP) is 0.809. The molecule has 4 nitrogen and oxygen atoms in total. The van der Waals surface area contributed by atoms with Gasteiger partial charge in [0.15, 0.2) is 0 Å². The van der Waals surface area contributed by atoms with Gasteiger partial charge in [-0.2, -0.15) is 0 Å². The van der Waals surface area contributed by atoms with E-state index in [2.05, 4.69) is 4.52 Å². The van der Waals surface area contributed by atoms with Crippen LogP contribution < -0.4 is 0 Å². The summed E-state index contributed by atoms with van der Waals surface area (Å²) in [4.78, 5) is 17.0. The molecule has 0 saturated carbocycles. The molecule has 6 heteroatoms. The highest BCUT2D eigenvalue weighted by molar-refractivity contribution is 7.46. The summed E-state index contributed by atoms with van der Waals surface area (Å²) in [6.07, 6.45) is 1.95. The Morgan fingerprint density at radius 3 is 2.31 bits per heavy atom. The van der Waals surface area contributed by atoms with Crippen LogP contribution >= 0.6 is 7.82 Å². The molecule has 0 rings (SSSR count). The molecule has 1 atom stereocenters. The van der Waals surface area contributed by atoms with Crippen LogP contribution in [0.25, 0.3) is 0 Å². The number of phosphoric acid groups is 1. The van der Waals surface area contributed by atoms with Gasteiger partial charge in [0.25, 0.3) is 0 Å². The van der Waals surface area contributed by atoms with Crippen molar-refractivity contribution in [2.45, 2.75) is 26.6 Å². The highest BCUT2D eigenvalue weighted by Gasteiger charge is 2.19. The lowest BCUT2D eigenvalue weighted by molar-refractivity contribution is 0.147. The SMILES string of the molecule is BCCC(COP(=O)(O)O)C(C)C. The van der Waals surface area contributed by atoms with Gasteiger partial charge in [0.1, 0.15) is 7.85 Å². The second-order valence-electron chi connectivity index (χ2n) is 3.58. The fourth-order valence-corrected chi connectivity index (χ4v) is 1.56. The smallest absolute Gasteiger partial charge is 0.303 e. The van der Waals surface area contributed by atoms with E-state index in [1.54, 1.807) is 0 Å². The van der Waals surface area contributed by atoms with Crippen LogP contribution in [0.2, 0.25) is 6.32 Å². The number of hydrogen-bond donors (Lipinski definition) is 2. The van der Waals surface area contributed by atoms with Gasteiger partial charge in [0.05, 0.1) is 6.61 Å². The molecule has 0 aliphatic carbocycles. The fraction of sp³-hybridized carbons (Fsp3) is 1.00. The first kappa shape index (κ1) is 13.2. The second kappa shape index (κ2) is 5.81. The molecule has 0 spiro atoms. The van der Waals surface area contributed by atoms with Gasteiger partial charge >= 0.3 is 7.82 Å². The summed E-state index contributed by atoms with van der Waals surface area (Å²) in [7, 11) is -2.23. The van der Waals surface area contributed by atoms with Crippen LogP contribution in [-0.4, -0.2) is 24.2 Å². The number of rotatable bonds is 6. The molecular weight excluding hydrogens is 190 g/mol. The van der Waals surface area contributed by atoms with Gasteiger partial charge in [-0.1, -0.05) is 26.6 Å². The third kappa shape index (κ3) is 7.26. The third-order valence-electron chi connectivity index (χ3n) is 2.06. The van der Waals surface area contributed by atoms with Crippen LogP contribution in [-0.2, 0) is 9.09 Å². The van der Waals surface area contributed by atoms with Crippen LogP contribution in [0.1, 0.15) is 20.3 Å². The summed E-state index contributed by atoms with van der Waals surface area (Å²) in [5.41, 5.74) is 0. The molecule has 0 saturated heterocycles. The first-order valence-corrected chi connectivity index (χ1v) is 6.10. The summed E-state index contributed by atoms with van der Waals surface area (Å²) in [6, 6.07) is 0. The Balaban J connectivity index is 3.90. The zero-order valence-corrected chi connectivity index (χ0v) is 9.33.